The Labute approximate surface area is 127 Å². The van der Waals surface area contributed by atoms with Crippen LogP contribution < -0.4 is 5.32 Å². The minimum Gasteiger partial charge on any atom is -0.382 e. The van der Waals surface area contributed by atoms with Crippen LogP contribution in [-0.4, -0.2) is 45.1 Å². The fourth-order valence-corrected chi connectivity index (χ4v) is 2.57. The Hall–Kier alpha value is -1.36. The van der Waals surface area contributed by atoms with Crippen LogP contribution >= 0.6 is 0 Å². The average Bonchev–Trinajstić information content (AvgIpc) is 2.86. The van der Waals surface area contributed by atoms with Crippen molar-refractivity contribution in [2.24, 2.45) is 0 Å². The Morgan fingerprint density at radius 3 is 2.81 bits per heavy atom. The van der Waals surface area contributed by atoms with Gasteiger partial charge in [0.2, 0.25) is 0 Å². The van der Waals surface area contributed by atoms with Gasteiger partial charge in [0.25, 0.3) is 0 Å². The number of rotatable bonds is 10. The van der Waals surface area contributed by atoms with Gasteiger partial charge in [-0.2, -0.15) is 0 Å². The first-order chi connectivity index (χ1) is 10.4. The lowest BCUT2D eigenvalue weighted by molar-refractivity contribution is 0.0670. The zero-order valence-electron chi connectivity index (χ0n) is 13.1. The highest BCUT2D eigenvalue weighted by atomic mass is 16.5. The maximum absolute atomic E-state index is 5.58. The van der Waals surface area contributed by atoms with Gasteiger partial charge in [-0.25, -0.2) is 0 Å². The first kappa shape index (κ1) is 16.0. The van der Waals surface area contributed by atoms with Gasteiger partial charge in [0.05, 0.1) is 19.8 Å². The molecule has 0 aliphatic rings. The molecule has 0 amide bonds. The summed E-state index contributed by atoms with van der Waals surface area (Å²) in [5.74, 6) is 0. The molecule has 0 spiro atoms. The third-order valence-electron chi connectivity index (χ3n) is 3.65. The van der Waals surface area contributed by atoms with E-state index in [1.54, 1.807) is 7.11 Å². The van der Waals surface area contributed by atoms with E-state index in [1.807, 2.05) is 7.05 Å². The molecule has 2 rings (SSSR count). The van der Waals surface area contributed by atoms with Crippen LogP contribution in [0.1, 0.15) is 12.0 Å². The van der Waals surface area contributed by atoms with Crippen molar-refractivity contribution in [3.63, 3.8) is 0 Å². The molecule has 1 N–H and O–H groups in total. The largest absolute Gasteiger partial charge is 0.382 e. The fourth-order valence-electron chi connectivity index (χ4n) is 2.57. The number of aromatic nitrogens is 1. The van der Waals surface area contributed by atoms with Crippen molar-refractivity contribution in [1.29, 1.82) is 0 Å². The Kier molecular flexibility index (Phi) is 6.73. The second kappa shape index (κ2) is 8.82. The normalized spacial score (nSPS) is 11.3. The van der Waals surface area contributed by atoms with Gasteiger partial charge in [-0.05, 0) is 38.1 Å². The quantitative estimate of drug-likeness (QED) is 0.683. The van der Waals surface area contributed by atoms with Gasteiger partial charge < -0.3 is 19.4 Å². The SMILES string of the molecule is CNCCCc1cn(CCOCCOC)c2ccccc12. The van der Waals surface area contributed by atoms with E-state index in [-0.39, 0.29) is 0 Å². The predicted molar refractivity (Wildman–Crippen MR) is 86.9 cm³/mol. The van der Waals surface area contributed by atoms with E-state index >= 15 is 0 Å². The van der Waals surface area contributed by atoms with Crippen molar-refractivity contribution in [2.45, 2.75) is 19.4 Å². The second-order valence-corrected chi connectivity index (χ2v) is 5.18. The Morgan fingerprint density at radius 1 is 1.14 bits per heavy atom. The maximum atomic E-state index is 5.58. The van der Waals surface area contributed by atoms with Crippen LogP contribution in [0.15, 0.2) is 30.5 Å². The first-order valence-corrected chi connectivity index (χ1v) is 7.65. The molecule has 1 aromatic carbocycles. The van der Waals surface area contributed by atoms with Crippen LogP contribution in [0.2, 0.25) is 0 Å². The minimum atomic E-state index is 0.654. The van der Waals surface area contributed by atoms with Crippen molar-refractivity contribution in [2.75, 3.05) is 40.5 Å². The van der Waals surface area contributed by atoms with Crippen LogP contribution in [0.5, 0.6) is 0 Å². The number of fused-ring (bicyclic) bond motifs is 1. The number of methoxy groups -OCH3 is 1. The summed E-state index contributed by atoms with van der Waals surface area (Å²) in [5.41, 5.74) is 2.73. The number of nitrogens with one attached hydrogen (secondary N) is 1. The molecule has 0 fully saturated rings. The van der Waals surface area contributed by atoms with Gasteiger partial charge in [-0.15, -0.1) is 0 Å². The number of aryl methyl sites for hydroxylation is 1. The third-order valence-corrected chi connectivity index (χ3v) is 3.65. The summed E-state index contributed by atoms with van der Waals surface area (Å²) in [6.45, 7) is 3.97. The molecule has 2 aromatic rings. The molecular weight excluding hydrogens is 264 g/mol. The molecule has 0 aliphatic heterocycles. The van der Waals surface area contributed by atoms with E-state index in [2.05, 4.69) is 40.3 Å². The van der Waals surface area contributed by atoms with E-state index in [4.69, 9.17) is 9.47 Å². The van der Waals surface area contributed by atoms with Gasteiger partial charge in [-0.1, -0.05) is 18.2 Å². The first-order valence-electron chi connectivity index (χ1n) is 7.65. The summed E-state index contributed by atoms with van der Waals surface area (Å²) in [6.07, 6.45) is 4.55. The predicted octanol–water partition coefficient (Wildman–Crippen LogP) is 2.46. The van der Waals surface area contributed by atoms with Crippen molar-refractivity contribution >= 4 is 10.9 Å². The summed E-state index contributed by atoms with van der Waals surface area (Å²) < 4.78 is 12.9. The lowest BCUT2D eigenvalue weighted by Crippen LogP contribution is -2.09. The zero-order valence-corrected chi connectivity index (χ0v) is 13.1. The molecule has 1 heterocycles. The lowest BCUT2D eigenvalue weighted by atomic mass is 10.1. The Balaban J connectivity index is 2.01. The molecule has 21 heavy (non-hydrogen) atoms. The highest BCUT2D eigenvalue weighted by Crippen LogP contribution is 2.22. The average molecular weight is 290 g/mol. The standard InChI is InChI=1S/C17H26N2O2/c1-18-9-5-6-15-14-19(10-11-21-13-12-20-2)17-8-4-3-7-16(15)17/h3-4,7-8,14,18H,5-6,9-13H2,1-2H3. The van der Waals surface area contributed by atoms with Crippen LogP contribution in [0, 0.1) is 0 Å². The second-order valence-electron chi connectivity index (χ2n) is 5.18. The molecule has 0 radical (unpaired) electrons. The van der Waals surface area contributed by atoms with Crippen LogP contribution in [0.4, 0.5) is 0 Å². The molecule has 1 aromatic heterocycles. The van der Waals surface area contributed by atoms with E-state index in [1.165, 1.54) is 16.5 Å². The summed E-state index contributed by atoms with van der Waals surface area (Å²) in [7, 11) is 3.70. The zero-order chi connectivity index (χ0) is 14.9. The molecule has 116 valence electrons. The van der Waals surface area contributed by atoms with E-state index < -0.39 is 0 Å². The molecule has 0 aliphatic carbocycles. The highest BCUT2D eigenvalue weighted by molar-refractivity contribution is 5.83. The summed E-state index contributed by atoms with van der Waals surface area (Å²) >= 11 is 0. The van der Waals surface area contributed by atoms with Gasteiger partial charge >= 0.3 is 0 Å². The van der Waals surface area contributed by atoms with Crippen molar-refractivity contribution in [3.05, 3.63) is 36.0 Å². The van der Waals surface area contributed by atoms with Gasteiger partial charge in [0.1, 0.15) is 0 Å². The van der Waals surface area contributed by atoms with E-state index in [0.717, 1.165) is 32.5 Å². The van der Waals surface area contributed by atoms with Crippen molar-refractivity contribution in [3.8, 4) is 0 Å². The maximum Gasteiger partial charge on any atom is 0.0701 e. The third kappa shape index (κ3) is 4.56. The van der Waals surface area contributed by atoms with Crippen molar-refractivity contribution in [1.82, 2.24) is 9.88 Å². The van der Waals surface area contributed by atoms with E-state index in [9.17, 15) is 0 Å². The highest BCUT2D eigenvalue weighted by Gasteiger charge is 2.07. The van der Waals surface area contributed by atoms with Gasteiger partial charge in [0.15, 0.2) is 0 Å². The number of ether oxygens (including phenoxy) is 2. The Morgan fingerprint density at radius 2 is 2.00 bits per heavy atom. The topological polar surface area (TPSA) is 35.4 Å². The summed E-state index contributed by atoms with van der Waals surface area (Å²) in [4.78, 5) is 0. The molecule has 0 unspecified atom stereocenters. The smallest absolute Gasteiger partial charge is 0.0701 e. The minimum absolute atomic E-state index is 0.654. The Bertz CT molecular complexity index is 537. The summed E-state index contributed by atoms with van der Waals surface area (Å²) in [6, 6.07) is 8.61. The van der Waals surface area contributed by atoms with Gasteiger partial charge in [0, 0.05) is 30.8 Å². The molecule has 4 heteroatoms. The fraction of sp³-hybridized carbons (Fsp3) is 0.529. The van der Waals surface area contributed by atoms with Gasteiger partial charge in [-0.3, -0.25) is 0 Å². The molecule has 4 nitrogen and oxygen atoms in total. The molecular formula is C17H26N2O2. The van der Waals surface area contributed by atoms with Crippen LogP contribution in [-0.2, 0) is 22.4 Å². The molecule has 0 saturated carbocycles. The van der Waals surface area contributed by atoms with Crippen LogP contribution in [0.25, 0.3) is 10.9 Å². The van der Waals surface area contributed by atoms with Crippen molar-refractivity contribution < 1.29 is 9.47 Å². The molecule has 0 atom stereocenters. The lowest BCUT2D eigenvalue weighted by Gasteiger charge is -2.06. The molecule has 0 bridgehead atoms. The molecule has 0 saturated heterocycles. The number of hydrogen-bond donors (Lipinski definition) is 1. The number of nitrogens with zero attached hydrogens (tertiary/aromatic N) is 1. The monoisotopic (exact) mass is 290 g/mol. The number of hydrogen-bond acceptors (Lipinski definition) is 3. The number of para-hydroxylation sites is 1. The number of benzene rings is 1. The van der Waals surface area contributed by atoms with Crippen LogP contribution in [0.3, 0.4) is 0 Å². The van der Waals surface area contributed by atoms with E-state index in [0.29, 0.717) is 13.2 Å². The summed E-state index contributed by atoms with van der Waals surface area (Å²) in [5, 5.41) is 4.57.